The van der Waals surface area contributed by atoms with Crippen LogP contribution in [0.2, 0.25) is 0 Å². The standard InChI is InChI=1S/C15H22N4O/c1-2-16-9-12-3-5-14(17-10-12)18-7-8-19-13(11-18)4-6-15(19)20/h3,5,10,13,16H,2,4,6-9,11H2,1H3. The summed E-state index contributed by atoms with van der Waals surface area (Å²) < 4.78 is 0. The Hall–Kier alpha value is -1.62. The van der Waals surface area contributed by atoms with E-state index in [0.717, 1.165) is 45.0 Å². The largest absolute Gasteiger partial charge is 0.353 e. The van der Waals surface area contributed by atoms with E-state index < -0.39 is 0 Å². The molecule has 2 aliphatic rings. The highest BCUT2D eigenvalue weighted by atomic mass is 16.2. The third kappa shape index (κ3) is 2.63. The molecule has 2 saturated heterocycles. The van der Waals surface area contributed by atoms with Gasteiger partial charge in [-0.2, -0.15) is 0 Å². The second-order valence-electron chi connectivity index (χ2n) is 5.53. The van der Waals surface area contributed by atoms with Gasteiger partial charge in [0.1, 0.15) is 5.82 Å². The normalized spacial score (nSPS) is 22.2. The van der Waals surface area contributed by atoms with Gasteiger partial charge in [0.25, 0.3) is 0 Å². The lowest BCUT2D eigenvalue weighted by atomic mass is 10.1. The molecule has 0 spiro atoms. The van der Waals surface area contributed by atoms with Crippen molar-refractivity contribution in [3.63, 3.8) is 0 Å². The molecule has 5 heteroatoms. The smallest absolute Gasteiger partial charge is 0.223 e. The summed E-state index contributed by atoms with van der Waals surface area (Å²) in [6, 6.07) is 4.62. The minimum Gasteiger partial charge on any atom is -0.353 e. The highest BCUT2D eigenvalue weighted by Crippen LogP contribution is 2.25. The van der Waals surface area contributed by atoms with Gasteiger partial charge in [-0.05, 0) is 24.6 Å². The van der Waals surface area contributed by atoms with E-state index in [1.54, 1.807) is 0 Å². The molecule has 0 aliphatic carbocycles. The Labute approximate surface area is 120 Å². The minimum absolute atomic E-state index is 0.323. The Morgan fingerprint density at radius 3 is 3.05 bits per heavy atom. The topological polar surface area (TPSA) is 48.5 Å². The molecule has 2 fully saturated rings. The SMILES string of the molecule is CCNCc1ccc(N2CCN3C(=O)CCC3C2)nc1. The molecule has 1 N–H and O–H groups in total. The molecule has 0 bridgehead atoms. The lowest BCUT2D eigenvalue weighted by Crippen LogP contribution is -2.51. The number of piperazine rings is 1. The zero-order chi connectivity index (χ0) is 13.9. The minimum atomic E-state index is 0.323. The van der Waals surface area contributed by atoms with Crippen molar-refractivity contribution in [3.05, 3.63) is 23.9 Å². The monoisotopic (exact) mass is 274 g/mol. The predicted molar refractivity (Wildman–Crippen MR) is 78.6 cm³/mol. The maximum atomic E-state index is 11.7. The summed E-state index contributed by atoms with van der Waals surface area (Å²) in [5, 5.41) is 3.30. The number of amides is 1. The first-order valence-electron chi connectivity index (χ1n) is 7.48. The highest BCUT2D eigenvalue weighted by Gasteiger charge is 2.35. The van der Waals surface area contributed by atoms with Crippen LogP contribution in [-0.4, -0.2) is 48.0 Å². The number of pyridine rings is 1. The van der Waals surface area contributed by atoms with E-state index in [0.29, 0.717) is 18.4 Å². The fourth-order valence-corrected chi connectivity index (χ4v) is 3.05. The molecule has 5 nitrogen and oxygen atoms in total. The lowest BCUT2D eigenvalue weighted by Gasteiger charge is -2.38. The Bertz CT molecular complexity index is 473. The van der Waals surface area contributed by atoms with Gasteiger partial charge in [0.2, 0.25) is 5.91 Å². The molecule has 2 aliphatic heterocycles. The molecule has 1 atom stereocenters. The number of hydrogen-bond acceptors (Lipinski definition) is 4. The molecule has 1 unspecified atom stereocenters. The van der Waals surface area contributed by atoms with Crippen molar-refractivity contribution in [2.75, 3.05) is 31.1 Å². The molecule has 0 aromatic carbocycles. The molecule has 1 amide bonds. The van der Waals surface area contributed by atoms with Crippen LogP contribution in [0.5, 0.6) is 0 Å². The van der Waals surface area contributed by atoms with Gasteiger partial charge in [0.15, 0.2) is 0 Å². The van der Waals surface area contributed by atoms with E-state index in [4.69, 9.17) is 0 Å². The molecule has 1 aromatic heterocycles. The van der Waals surface area contributed by atoms with E-state index in [-0.39, 0.29) is 0 Å². The average molecular weight is 274 g/mol. The van der Waals surface area contributed by atoms with Crippen LogP contribution >= 0.6 is 0 Å². The van der Waals surface area contributed by atoms with Gasteiger partial charge in [0.05, 0.1) is 0 Å². The summed E-state index contributed by atoms with van der Waals surface area (Å²) in [6.07, 6.45) is 3.66. The van der Waals surface area contributed by atoms with Crippen LogP contribution in [-0.2, 0) is 11.3 Å². The number of carbonyl (C=O) groups excluding carboxylic acids is 1. The molecular formula is C15H22N4O. The molecular weight excluding hydrogens is 252 g/mol. The van der Waals surface area contributed by atoms with Crippen molar-refractivity contribution in [1.82, 2.24) is 15.2 Å². The van der Waals surface area contributed by atoms with Crippen molar-refractivity contribution in [2.24, 2.45) is 0 Å². The number of hydrogen-bond donors (Lipinski definition) is 1. The Balaban J connectivity index is 1.63. The summed E-state index contributed by atoms with van der Waals surface area (Å²) in [6.45, 7) is 6.59. The van der Waals surface area contributed by atoms with Crippen LogP contribution in [0.4, 0.5) is 5.82 Å². The first kappa shape index (κ1) is 13.4. The number of rotatable bonds is 4. The van der Waals surface area contributed by atoms with Gasteiger partial charge in [-0.25, -0.2) is 4.98 Å². The van der Waals surface area contributed by atoms with Crippen LogP contribution in [0.15, 0.2) is 18.3 Å². The predicted octanol–water partition coefficient (Wildman–Crippen LogP) is 1.00. The maximum absolute atomic E-state index is 11.7. The molecule has 1 aromatic rings. The Morgan fingerprint density at radius 2 is 2.30 bits per heavy atom. The van der Waals surface area contributed by atoms with Crippen LogP contribution in [0, 0.1) is 0 Å². The van der Waals surface area contributed by atoms with E-state index >= 15 is 0 Å². The number of aromatic nitrogens is 1. The second-order valence-corrected chi connectivity index (χ2v) is 5.53. The van der Waals surface area contributed by atoms with E-state index in [9.17, 15) is 4.79 Å². The van der Waals surface area contributed by atoms with Gasteiger partial charge >= 0.3 is 0 Å². The van der Waals surface area contributed by atoms with Gasteiger partial charge in [-0.15, -0.1) is 0 Å². The summed E-state index contributed by atoms with van der Waals surface area (Å²) in [5.41, 5.74) is 1.21. The number of nitrogens with one attached hydrogen (secondary N) is 1. The molecule has 3 rings (SSSR count). The van der Waals surface area contributed by atoms with Crippen molar-refractivity contribution >= 4 is 11.7 Å². The fourth-order valence-electron chi connectivity index (χ4n) is 3.05. The summed E-state index contributed by atoms with van der Waals surface area (Å²) in [4.78, 5) is 20.6. The number of carbonyl (C=O) groups is 1. The number of nitrogens with zero attached hydrogens (tertiary/aromatic N) is 3. The van der Waals surface area contributed by atoms with Crippen molar-refractivity contribution in [3.8, 4) is 0 Å². The fraction of sp³-hybridized carbons (Fsp3) is 0.600. The number of fused-ring (bicyclic) bond motifs is 1. The molecule has 20 heavy (non-hydrogen) atoms. The van der Waals surface area contributed by atoms with E-state index in [1.807, 2.05) is 11.1 Å². The second kappa shape index (κ2) is 5.79. The Morgan fingerprint density at radius 1 is 1.40 bits per heavy atom. The van der Waals surface area contributed by atoms with Gasteiger partial charge < -0.3 is 15.1 Å². The van der Waals surface area contributed by atoms with Gasteiger partial charge in [0, 0.05) is 44.8 Å². The van der Waals surface area contributed by atoms with Crippen molar-refractivity contribution in [2.45, 2.75) is 32.4 Å². The van der Waals surface area contributed by atoms with Crippen molar-refractivity contribution in [1.29, 1.82) is 0 Å². The average Bonchev–Trinajstić information content (AvgIpc) is 2.86. The highest BCUT2D eigenvalue weighted by molar-refractivity contribution is 5.79. The van der Waals surface area contributed by atoms with Crippen LogP contribution in [0.3, 0.4) is 0 Å². The summed E-state index contributed by atoms with van der Waals surface area (Å²) in [5.74, 6) is 1.35. The first-order valence-corrected chi connectivity index (χ1v) is 7.48. The maximum Gasteiger partial charge on any atom is 0.223 e. The molecule has 3 heterocycles. The molecule has 0 radical (unpaired) electrons. The van der Waals surface area contributed by atoms with Crippen molar-refractivity contribution < 1.29 is 4.79 Å². The summed E-state index contributed by atoms with van der Waals surface area (Å²) in [7, 11) is 0. The zero-order valence-electron chi connectivity index (χ0n) is 12.0. The van der Waals surface area contributed by atoms with E-state index in [2.05, 4.69) is 34.3 Å². The quantitative estimate of drug-likeness (QED) is 0.890. The van der Waals surface area contributed by atoms with Crippen LogP contribution < -0.4 is 10.2 Å². The van der Waals surface area contributed by atoms with Crippen LogP contribution in [0.25, 0.3) is 0 Å². The van der Waals surface area contributed by atoms with E-state index in [1.165, 1.54) is 5.56 Å². The third-order valence-corrected chi connectivity index (χ3v) is 4.21. The lowest BCUT2D eigenvalue weighted by molar-refractivity contribution is -0.129. The van der Waals surface area contributed by atoms with Crippen LogP contribution in [0.1, 0.15) is 25.3 Å². The first-order chi connectivity index (χ1) is 9.78. The molecule has 0 saturated carbocycles. The molecule has 108 valence electrons. The van der Waals surface area contributed by atoms with Gasteiger partial charge in [-0.1, -0.05) is 13.0 Å². The summed E-state index contributed by atoms with van der Waals surface area (Å²) >= 11 is 0. The zero-order valence-corrected chi connectivity index (χ0v) is 12.0. The number of anilines is 1. The third-order valence-electron chi connectivity index (χ3n) is 4.21. The Kier molecular flexibility index (Phi) is 3.87. The van der Waals surface area contributed by atoms with Gasteiger partial charge in [-0.3, -0.25) is 4.79 Å².